The summed E-state index contributed by atoms with van der Waals surface area (Å²) in [6.45, 7) is 2.66. The number of likely N-dealkylation sites (tertiary alicyclic amines) is 1. The fraction of sp³-hybridized carbons (Fsp3) is 0.500. The lowest BCUT2D eigenvalue weighted by molar-refractivity contribution is 0.0488. The predicted octanol–water partition coefficient (Wildman–Crippen LogP) is 2.82. The molecule has 5 heteroatoms. The number of amides is 1. The number of benzene rings is 1. The van der Waals surface area contributed by atoms with E-state index in [1.165, 1.54) is 18.2 Å². The lowest BCUT2D eigenvalue weighted by Crippen LogP contribution is -2.46. The first-order chi connectivity index (χ1) is 9.02. The van der Waals surface area contributed by atoms with E-state index in [9.17, 15) is 14.3 Å². The summed E-state index contributed by atoms with van der Waals surface area (Å²) in [5.74, 6) is -0.347. The van der Waals surface area contributed by atoms with E-state index < -0.39 is 0 Å². The van der Waals surface area contributed by atoms with Crippen molar-refractivity contribution < 1.29 is 14.3 Å². The highest BCUT2D eigenvalue weighted by molar-refractivity contribution is 9.10. The molecule has 0 aromatic heterocycles. The number of piperidine rings is 1. The highest BCUT2D eigenvalue weighted by Gasteiger charge is 2.30. The van der Waals surface area contributed by atoms with Gasteiger partial charge in [-0.15, -0.1) is 0 Å². The van der Waals surface area contributed by atoms with Gasteiger partial charge in [0, 0.05) is 23.7 Å². The Morgan fingerprint density at radius 1 is 1.53 bits per heavy atom. The van der Waals surface area contributed by atoms with Crippen LogP contribution in [0.3, 0.4) is 0 Å². The van der Waals surface area contributed by atoms with Crippen LogP contribution in [0.25, 0.3) is 0 Å². The quantitative estimate of drug-likeness (QED) is 0.906. The molecular formula is C14H17BrFNO2. The Bertz CT molecular complexity index is 481. The number of aliphatic hydroxyl groups excluding tert-OH is 1. The van der Waals surface area contributed by atoms with Crippen molar-refractivity contribution >= 4 is 21.8 Å². The number of hydrogen-bond acceptors (Lipinski definition) is 2. The molecule has 1 aliphatic heterocycles. The Kier molecular flexibility index (Phi) is 4.58. The van der Waals surface area contributed by atoms with Crippen molar-refractivity contribution in [3.8, 4) is 0 Å². The third-order valence-corrected chi connectivity index (χ3v) is 4.32. The van der Waals surface area contributed by atoms with Crippen LogP contribution >= 0.6 is 15.9 Å². The van der Waals surface area contributed by atoms with Gasteiger partial charge >= 0.3 is 0 Å². The first-order valence-corrected chi connectivity index (χ1v) is 7.19. The third kappa shape index (κ3) is 3.15. The maximum atomic E-state index is 13.1. The molecule has 2 rings (SSSR count). The van der Waals surface area contributed by atoms with Gasteiger partial charge in [-0.3, -0.25) is 4.79 Å². The molecule has 0 saturated carbocycles. The molecule has 19 heavy (non-hydrogen) atoms. The summed E-state index contributed by atoms with van der Waals surface area (Å²) in [6.07, 6.45) is 1.82. The van der Waals surface area contributed by atoms with Crippen molar-refractivity contribution in [3.05, 3.63) is 34.1 Å². The predicted molar refractivity (Wildman–Crippen MR) is 74.4 cm³/mol. The van der Waals surface area contributed by atoms with Gasteiger partial charge in [-0.1, -0.05) is 0 Å². The van der Waals surface area contributed by atoms with E-state index in [2.05, 4.69) is 15.9 Å². The SMILES string of the molecule is CC1CCC(CO)CN1C(=O)c1ccc(F)cc1Br. The monoisotopic (exact) mass is 329 g/mol. The lowest BCUT2D eigenvalue weighted by Gasteiger charge is -2.37. The maximum absolute atomic E-state index is 13.1. The second-order valence-electron chi connectivity index (χ2n) is 5.06. The minimum absolute atomic E-state index is 0.0983. The van der Waals surface area contributed by atoms with Crippen LogP contribution < -0.4 is 0 Å². The molecule has 0 bridgehead atoms. The Morgan fingerprint density at radius 2 is 2.26 bits per heavy atom. The molecule has 1 aromatic carbocycles. The Morgan fingerprint density at radius 3 is 2.89 bits per heavy atom. The molecule has 1 aliphatic rings. The highest BCUT2D eigenvalue weighted by atomic mass is 79.9. The van der Waals surface area contributed by atoms with Gasteiger partial charge < -0.3 is 10.0 Å². The number of hydrogen-bond donors (Lipinski definition) is 1. The summed E-state index contributed by atoms with van der Waals surface area (Å²) in [6, 6.07) is 4.23. The minimum atomic E-state index is -0.372. The summed E-state index contributed by atoms with van der Waals surface area (Å²) >= 11 is 3.23. The van der Waals surface area contributed by atoms with E-state index in [0.29, 0.717) is 16.6 Å². The van der Waals surface area contributed by atoms with Gasteiger partial charge in [0.05, 0.1) is 5.56 Å². The second-order valence-corrected chi connectivity index (χ2v) is 5.91. The van der Waals surface area contributed by atoms with Gasteiger partial charge in [0.15, 0.2) is 0 Å². The molecule has 0 aliphatic carbocycles. The fourth-order valence-electron chi connectivity index (χ4n) is 2.43. The van der Waals surface area contributed by atoms with Crippen LogP contribution in [0.4, 0.5) is 4.39 Å². The van der Waals surface area contributed by atoms with Crippen molar-refractivity contribution in [1.29, 1.82) is 0 Å². The van der Waals surface area contributed by atoms with E-state index >= 15 is 0 Å². The first-order valence-electron chi connectivity index (χ1n) is 6.39. The summed E-state index contributed by atoms with van der Waals surface area (Å²) in [4.78, 5) is 14.3. The van der Waals surface area contributed by atoms with Gasteiger partial charge in [-0.05, 0) is 59.8 Å². The maximum Gasteiger partial charge on any atom is 0.255 e. The molecule has 1 saturated heterocycles. The zero-order chi connectivity index (χ0) is 14.0. The van der Waals surface area contributed by atoms with Gasteiger partial charge in [0.1, 0.15) is 5.82 Å². The molecule has 0 radical (unpaired) electrons. The van der Waals surface area contributed by atoms with Crippen molar-refractivity contribution in [2.75, 3.05) is 13.2 Å². The largest absolute Gasteiger partial charge is 0.396 e. The average Bonchev–Trinajstić information content (AvgIpc) is 2.38. The van der Waals surface area contributed by atoms with E-state index in [1.54, 1.807) is 4.90 Å². The Labute approximate surface area is 120 Å². The molecule has 1 aromatic rings. The van der Waals surface area contributed by atoms with Crippen molar-refractivity contribution in [1.82, 2.24) is 4.90 Å². The number of aliphatic hydroxyl groups is 1. The summed E-state index contributed by atoms with van der Waals surface area (Å²) in [5, 5.41) is 9.24. The zero-order valence-electron chi connectivity index (χ0n) is 10.8. The number of carbonyl (C=O) groups is 1. The summed E-state index contributed by atoms with van der Waals surface area (Å²) in [5.41, 5.74) is 0.465. The van der Waals surface area contributed by atoms with Crippen LogP contribution in [-0.2, 0) is 0 Å². The van der Waals surface area contributed by atoms with Gasteiger partial charge in [0.25, 0.3) is 5.91 Å². The first kappa shape index (κ1) is 14.5. The van der Waals surface area contributed by atoms with E-state index in [4.69, 9.17) is 0 Å². The fourth-order valence-corrected chi connectivity index (χ4v) is 2.95. The number of halogens is 2. The Hall–Kier alpha value is -0.940. The van der Waals surface area contributed by atoms with Gasteiger partial charge in [-0.25, -0.2) is 4.39 Å². The third-order valence-electron chi connectivity index (χ3n) is 3.66. The van der Waals surface area contributed by atoms with Crippen molar-refractivity contribution in [2.45, 2.75) is 25.8 Å². The van der Waals surface area contributed by atoms with Gasteiger partial charge in [0.2, 0.25) is 0 Å². The number of rotatable bonds is 2. The van der Waals surface area contributed by atoms with Crippen LogP contribution in [0.5, 0.6) is 0 Å². The van der Waals surface area contributed by atoms with Crippen LogP contribution in [0.2, 0.25) is 0 Å². The molecule has 2 unspecified atom stereocenters. The molecule has 2 atom stereocenters. The van der Waals surface area contributed by atoms with Crippen molar-refractivity contribution in [3.63, 3.8) is 0 Å². The van der Waals surface area contributed by atoms with Crippen LogP contribution in [0.15, 0.2) is 22.7 Å². The van der Waals surface area contributed by atoms with Gasteiger partial charge in [-0.2, -0.15) is 0 Å². The summed E-state index contributed by atoms with van der Waals surface area (Å²) in [7, 11) is 0. The highest BCUT2D eigenvalue weighted by Crippen LogP contribution is 2.26. The topological polar surface area (TPSA) is 40.5 Å². The lowest BCUT2D eigenvalue weighted by atomic mass is 9.93. The van der Waals surface area contributed by atoms with Crippen LogP contribution in [0, 0.1) is 11.7 Å². The molecule has 3 nitrogen and oxygen atoms in total. The van der Waals surface area contributed by atoms with Crippen LogP contribution in [-0.4, -0.2) is 35.1 Å². The standard InChI is InChI=1S/C14H17BrFNO2/c1-9-2-3-10(8-18)7-17(9)14(19)12-5-4-11(16)6-13(12)15/h4-6,9-10,18H,2-3,7-8H2,1H3. The molecular weight excluding hydrogens is 313 g/mol. The minimum Gasteiger partial charge on any atom is -0.396 e. The number of carbonyl (C=O) groups excluding carboxylic acids is 1. The molecule has 1 N–H and O–H groups in total. The molecule has 1 heterocycles. The second kappa shape index (κ2) is 6.01. The van der Waals surface area contributed by atoms with E-state index in [-0.39, 0.29) is 30.3 Å². The molecule has 0 spiro atoms. The summed E-state index contributed by atoms with van der Waals surface area (Å²) < 4.78 is 13.5. The smallest absolute Gasteiger partial charge is 0.255 e. The van der Waals surface area contributed by atoms with Crippen LogP contribution in [0.1, 0.15) is 30.1 Å². The molecule has 1 fully saturated rings. The zero-order valence-corrected chi connectivity index (χ0v) is 12.4. The van der Waals surface area contributed by atoms with E-state index in [0.717, 1.165) is 12.8 Å². The molecule has 1 amide bonds. The number of nitrogens with zero attached hydrogens (tertiary/aromatic N) is 1. The normalized spacial score (nSPS) is 23.5. The molecule has 104 valence electrons. The average molecular weight is 330 g/mol. The Balaban J connectivity index is 2.22. The van der Waals surface area contributed by atoms with E-state index in [1.807, 2.05) is 6.92 Å². The van der Waals surface area contributed by atoms with Crippen molar-refractivity contribution in [2.24, 2.45) is 5.92 Å².